The third kappa shape index (κ3) is 3.13. The average molecular weight is 294 g/mol. The molecule has 2 rings (SSSR count). The van der Waals surface area contributed by atoms with Gasteiger partial charge in [-0.2, -0.15) is 0 Å². The molecule has 7 nitrogen and oxygen atoms in total. The summed E-state index contributed by atoms with van der Waals surface area (Å²) in [7, 11) is 1.65. The van der Waals surface area contributed by atoms with Crippen molar-refractivity contribution in [1.82, 2.24) is 0 Å². The second-order valence-electron chi connectivity index (χ2n) is 5.25. The highest BCUT2D eigenvalue weighted by Gasteiger charge is 2.28. The fraction of sp³-hybridized carbons (Fsp3) is 0.500. The van der Waals surface area contributed by atoms with E-state index in [0.29, 0.717) is 18.2 Å². The lowest BCUT2D eigenvalue weighted by Gasteiger charge is -2.37. The molecular formula is C14H18N2O5. The van der Waals surface area contributed by atoms with Crippen LogP contribution in [0.4, 0.5) is 11.4 Å². The third-order valence-corrected chi connectivity index (χ3v) is 3.97. The van der Waals surface area contributed by atoms with E-state index in [1.165, 1.54) is 12.1 Å². The van der Waals surface area contributed by atoms with Crippen molar-refractivity contribution in [2.45, 2.75) is 19.4 Å². The van der Waals surface area contributed by atoms with Gasteiger partial charge in [-0.3, -0.25) is 10.1 Å². The minimum atomic E-state index is -1.30. The summed E-state index contributed by atoms with van der Waals surface area (Å²) in [5.41, 5.74) is -0.0225. The molecule has 1 fully saturated rings. The van der Waals surface area contributed by atoms with E-state index in [-0.39, 0.29) is 17.4 Å². The Morgan fingerprint density at radius 3 is 2.81 bits per heavy atom. The van der Waals surface area contributed by atoms with Crippen LogP contribution in [0.1, 0.15) is 23.7 Å². The van der Waals surface area contributed by atoms with Gasteiger partial charge < -0.3 is 14.7 Å². The molecule has 1 N–H and O–H groups in total. The van der Waals surface area contributed by atoms with Crippen molar-refractivity contribution in [3.8, 4) is 0 Å². The number of benzene rings is 1. The van der Waals surface area contributed by atoms with Crippen molar-refractivity contribution in [1.29, 1.82) is 0 Å². The molecule has 0 amide bonds. The van der Waals surface area contributed by atoms with Gasteiger partial charge in [0.05, 0.1) is 11.0 Å². The standard InChI is InChI=1S/C14H18N2O5/c1-9-5-6-15(8-13(9)21-2)10-3-4-11(14(17)18)12(7-10)16(19)20/h3-4,7,9,13H,5-6,8H2,1-2H3,(H,17,18). The molecule has 1 saturated heterocycles. The zero-order valence-electron chi connectivity index (χ0n) is 12.0. The topological polar surface area (TPSA) is 92.9 Å². The number of hydrogen-bond acceptors (Lipinski definition) is 5. The lowest BCUT2D eigenvalue weighted by Crippen LogP contribution is -2.43. The van der Waals surface area contributed by atoms with Gasteiger partial charge in [0.15, 0.2) is 0 Å². The molecule has 1 heterocycles. The van der Waals surface area contributed by atoms with Crippen molar-refractivity contribution >= 4 is 17.3 Å². The van der Waals surface area contributed by atoms with Gasteiger partial charge >= 0.3 is 5.97 Å². The van der Waals surface area contributed by atoms with E-state index in [1.54, 1.807) is 13.2 Å². The van der Waals surface area contributed by atoms with E-state index in [4.69, 9.17) is 9.84 Å². The van der Waals surface area contributed by atoms with Gasteiger partial charge in [-0.1, -0.05) is 6.92 Å². The van der Waals surface area contributed by atoms with E-state index < -0.39 is 10.9 Å². The van der Waals surface area contributed by atoms with Crippen LogP contribution in [-0.2, 0) is 4.74 Å². The van der Waals surface area contributed by atoms with E-state index in [1.807, 2.05) is 4.90 Å². The first-order valence-electron chi connectivity index (χ1n) is 6.73. The maximum atomic E-state index is 11.0. The van der Waals surface area contributed by atoms with Crippen LogP contribution in [0.15, 0.2) is 18.2 Å². The van der Waals surface area contributed by atoms with Gasteiger partial charge in [-0.05, 0) is 24.5 Å². The molecule has 0 spiro atoms. The smallest absolute Gasteiger partial charge is 0.342 e. The predicted molar refractivity (Wildman–Crippen MR) is 76.8 cm³/mol. The van der Waals surface area contributed by atoms with Gasteiger partial charge in [0.1, 0.15) is 5.56 Å². The predicted octanol–water partition coefficient (Wildman–Crippen LogP) is 2.15. The van der Waals surface area contributed by atoms with Crippen molar-refractivity contribution < 1.29 is 19.6 Å². The zero-order valence-corrected chi connectivity index (χ0v) is 12.0. The number of piperidine rings is 1. The third-order valence-electron chi connectivity index (χ3n) is 3.97. The normalized spacial score (nSPS) is 22.1. The second-order valence-corrected chi connectivity index (χ2v) is 5.25. The molecule has 1 aliphatic rings. The quantitative estimate of drug-likeness (QED) is 0.675. The molecule has 114 valence electrons. The van der Waals surface area contributed by atoms with Gasteiger partial charge in [0.2, 0.25) is 0 Å². The van der Waals surface area contributed by atoms with Crippen LogP contribution in [-0.4, -0.2) is 42.3 Å². The van der Waals surface area contributed by atoms with Gasteiger partial charge in [0, 0.05) is 32.0 Å². The average Bonchev–Trinajstić information content (AvgIpc) is 2.47. The zero-order chi connectivity index (χ0) is 15.6. The summed E-state index contributed by atoms with van der Waals surface area (Å²) in [4.78, 5) is 23.4. The number of nitrogens with zero attached hydrogens (tertiary/aromatic N) is 2. The molecule has 2 atom stereocenters. The summed E-state index contributed by atoms with van der Waals surface area (Å²) >= 11 is 0. The number of methoxy groups -OCH3 is 1. The minimum absolute atomic E-state index is 0.0666. The molecule has 1 aromatic carbocycles. The number of hydrogen-bond donors (Lipinski definition) is 1. The largest absolute Gasteiger partial charge is 0.477 e. The number of aromatic carboxylic acids is 1. The molecule has 0 saturated carbocycles. The first-order chi connectivity index (χ1) is 9.93. The molecule has 0 radical (unpaired) electrons. The lowest BCUT2D eigenvalue weighted by atomic mass is 9.95. The van der Waals surface area contributed by atoms with Crippen LogP contribution in [0, 0.1) is 16.0 Å². The molecule has 1 aromatic rings. The maximum absolute atomic E-state index is 11.0. The second kappa shape index (κ2) is 6.09. The Bertz CT molecular complexity index is 560. The molecule has 0 aromatic heterocycles. The molecule has 7 heteroatoms. The molecular weight excluding hydrogens is 276 g/mol. The van der Waals surface area contributed by atoms with E-state index in [2.05, 4.69) is 6.92 Å². The Hall–Kier alpha value is -2.15. The van der Waals surface area contributed by atoms with Gasteiger partial charge in [-0.15, -0.1) is 0 Å². The number of carboxylic acid groups (broad SMARTS) is 1. The number of carboxylic acids is 1. The number of nitro benzene ring substituents is 1. The van der Waals surface area contributed by atoms with Crippen LogP contribution >= 0.6 is 0 Å². The summed E-state index contributed by atoms with van der Waals surface area (Å²) < 4.78 is 5.43. The molecule has 0 aliphatic carbocycles. The van der Waals surface area contributed by atoms with Crippen LogP contribution in [0.5, 0.6) is 0 Å². The highest BCUT2D eigenvalue weighted by Crippen LogP contribution is 2.29. The van der Waals surface area contributed by atoms with Crippen LogP contribution in [0.3, 0.4) is 0 Å². The fourth-order valence-corrected chi connectivity index (χ4v) is 2.62. The van der Waals surface area contributed by atoms with E-state index in [9.17, 15) is 14.9 Å². The van der Waals surface area contributed by atoms with Gasteiger partial charge in [-0.25, -0.2) is 4.79 Å². The molecule has 0 bridgehead atoms. The monoisotopic (exact) mass is 294 g/mol. The Labute approximate surface area is 122 Å². The van der Waals surface area contributed by atoms with E-state index in [0.717, 1.165) is 13.0 Å². The van der Waals surface area contributed by atoms with Crippen LogP contribution < -0.4 is 4.90 Å². The van der Waals surface area contributed by atoms with Crippen LogP contribution in [0.2, 0.25) is 0 Å². The lowest BCUT2D eigenvalue weighted by molar-refractivity contribution is -0.385. The Morgan fingerprint density at radius 2 is 2.24 bits per heavy atom. The summed E-state index contributed by atoms with van der Waals surface area (Å²) in [5.74, 6) is -0.866. The van der Waals surface area contributed by atoms with Crippen molar-refractivity contribution in [3.05, 3.63) is 33.9 Å². The van der Waals surface area contributed by atoms with Crippen LogP contribution in [0.25, 0.3) is 0 Å². The Morgan fingerprint density at radius 1 is 1.52 bits per heavy atom. The van der Waals surface area contributed by atoms with E-state index >= 15 is 0 Å². The van der Waals surface area contributed by atoms with Gasteiger partial charge in [0.25, 0.3) is 5.69 Å². The summed E-state index contributed by atoms with van der Waals surface area (Å²) in [6, 6.07) is 4.22. The number of rotatable bonds is 4. The van der Waals surface area contributed by atoms with Crippen molar-refractivity contribution in [3.63, 3.8) is 0 Å². The molecule has 21 heavy (non-hydrogen) atoms. The highest BCUT2D eigenvalue weighted by atomic mass is 16.6. The summed E-state index contributed by atoms with van der Waals surface area (Å²) in [5, 5.41) is 20.0. The van der Waals surface area contributed by atoms with Crippen molar-refractivity contribution in [2.24, 2.45) is 5.92 Å². The van der Waals surface area contributed by atoms with Crippen molar-refractivity contribution in [2.75, 3.05) is 25.1 Å². The maximum Gasteiger partial charge on any atom is 0.342 e. The first-order valence-corrected chi connectivity index (χ1v) is 6.73. The number of carbonyl (C=O) groups is 1. The summed E-state index contributed by atoms with van der Waals surface area (Å²) in [6.45, 7) is 3.52. The first kappa shape index (κ1) is 15.2. The molecule has 1 aliphatic heterocycles. The molecule has 2 unspecified atom stereocenters. The summed E-state index contributed by atoms with van der Waals surface area (Å²) in [6.07, 6.45) is 0.990. The fourth-order valence-electron chi connectivity index (χ4n) is 2.62. The number of nitro groups is 1. The minimum Gasteiger partial charge on any atom is -0.477 e. The number of ether oxygens (including phenoxy) is 1. The Kier molecular flexibility index (Phi) is 4.42. The highest BCUT2D eigenvalue weighted by molar-refractivity contribution is 5.93. The Balaban J connectivity index is 2.30. The SMILES string of the molecule is COC1CN(c2ccc(C(=O)O)c([N+](=O)[O-])c2)CCC1C. The number of anilines is 1.